The molecule has 0 aliphatic heterocycles. The third-order valence-electron chi connectivity index (χ3n) is 4.94. The van der Waals surface area contributed by atoms with Gasteiger partial charge in [-0.15, -0.1) is 0 Å². The van der Waals surface area contributed by atoms with Gasteiger partial charge in [-0.05, 0) is 53.4 Å². The van der Waals surface area contributed by atoms with Gasteiger partial charge in [-0.3, -0.25) is 9.59 Å². The molecule has 1 aromatic carbocycles. The second kappa shape index (κ2) is 7.72. The van der Waals surface area contributed by atoms with E-state index in [0.717, 1.165) is 43.4 Å². The Hall–Kier alpha value is -2.35. The molecule has 8 heteroatoms. The normalized spacial score (nSPS) is 16.1. The lowest BCUT2D eigenvalue weighted by molar-refractivity contribution is -0.137. The molecule has 0 bridgehead atoms. The van der Waals surface area contributed by atoms with E-state index >= 15 is 0 Å². The summed E-state index contributed by atoms with van der Waals surface area (Å²) >= 11 is 1.59. The van der Waals surface area contributed by atoms with Crippen LogP contribution in [0.5, 0.6) is 0 Å². The van der Waals surface area contributed by atoms with Gasteiger partial charge in [-0.25, -0.2) is 0 Å². The van der Waals surface area contributed by atoms with Crippen LogP contribution in [0.2, 0.25) is 0 Å². The molecule has 1 aliphatic rings. The maximum absolute atomic E-state index is 12.7. The van der Waals surface area contributed by atoms with E-state index in [-0.39, 0.29) is 11.1 Å². The number of alkyl halides is 3. The molecule has 1 aromatic heterocycles. The predicted molar refractivity (Wildman–Crippen MR) is 97.5 cm³/mol. The van der Waals surface area contributed by atoms with Gasteiger partial charge in [0.15, 0.2) is 0 Å². The lowest BCUT2D eigenvalue weighted by Crippen LogP contribution is -2.43. The number of halogens is 3. The average Bonchev–Trinajstić information content (AvgIpc) is 3.31. The van der Waals surface area contributed by atoms with Crippen LogP contribution in [-0.2, 0) is 21.2 Å². The molecule has 0 radical (unpaired) electrons. The van der Waals surface area contributed by atoms with Gasteiger partial charge >= 0.3 is 18.0 Å². The van der Waals surface area contributed by atoms with Crippen molar-refractivity contribution in [1.29, 1.82) is 0 Å². The average molecular weight is 396 g/mol. The molecule has 0 unspecified atom stereocenters. The van der Waals surface area contributed by atoms with Crippen LogP contribution in [0.15, 0.2) is 41.1 Å². The summed E-state index contributed by atoms with van der Waals surface area (Å²) < 4.78 is 38.2. The lowest BCUT2D eigenvalue weighted by Gasteiger charge is -2.28. The number of anilines is 1. The van der Waals surface area contributed by atoms with Crippen molar-refractivity contribution in [3.05, 3.63) is 52.2 Å². The zero-order valence-corrected chi connectivity index (χ0v) is 15.3. The van der Waals surface area contributed by atoms with Crippen LogP contribution in [0, 0.1) is 0 Å². The van der Waals surface area contributed by atoms with Gasteiger partial charge in [0.1, 0.15) is 0 Å². The van der Waals surface area contributed by atoms with Crippen LogP contribution in [0.3, 0.4) is 0 Å². The number of benzene rings is 1. The molecule has 0 spiro atoms. The van der Waals surface area contributed by atoms with Gasteiger partial charge in [-0.2, -0.15) is 24.5 Å². The number of hydrogen-bond donors (Lipinski definition) is 2. The summed E-state index contributed by atoms with van der Waals surface area (Å²) in [6.45, 7) is 0.332. The molecule has 27 heavy (non-hydrogen) atoms. The van der Waals surface area contributed by atoms with Crippen LogP contribution in [-0.4, -0.2) is 18.4 Å². The van der Waals surface area contributed by atoms with Crippen LogP contribution >= 0.6 is 11.3 Å². The summed E-state index contributed by atoms with van der Waals surface area (Å²) in [5.41, 5.74) is 0.0247. The van der Waals surface area contributed by atoms with E-state index in [2.05, 4.69) is 16.0 Å². The molecule has 0 saturated heterocycles. The van der Waals surface area contributed by atoms with Crippen molar-refractivity contribution in [2.45, 2.75) is 37.3 Å². The van der Waals surface area contributed by atoms with Crippen LogP contribution in [0.1, 0.15) is 36.8 Å². The first-order valence-electron chi connectivity index (χ1n) is 8.59. The Bertz CT molecular complexity index is 813. The van der Waals surface area contributed by atoms with Crippen molar-refractivity contribution in [2.75, 3.05) is 11.9 Å². The van der Waals surface area contributed by atoms with Gasteiger partial charge in [0.25, 0.3) is 0 Å². The summed E-state index contributed by atoms with van der Waals surface area (Å²) in [6.07, 6.45) is -0.540. The maximum atomic E-state index is 12.7. The summed E-state index contributed by atoms with van der Waals surface area (Å²) in [5, 5.41) is 8.92. The quantitative estimate of drug-likeness (QED) is 0.756. The molecule has 3 rings (SSSR count). The van der Waals surface area contributed by atoms with Crippen molar-refractivity contribution in [3.8, 4) is 0 Å². The second-order valence-electron chi connectivity index (χ2n) is 6.71. The first-order valence-corrected chi connectivity index (χ1v) is 9.54. The summed E-state index contributed by atoms with van der Waals surface area (Å²) in [6, 6.07) is 6.23. The van der Waals surface area contributed by atoms with Crippen LogP contribution < -0.4 is 10.6 Å². The minimum Gasteiger partial charge on any atom is -0.347 e. The Kier molecular flexibility index (Phi) is 5.55. The minimum atomic E-state index is -4.52. The SMILES string of the molecule is O=C(NCC1(c2ccsc2)CCCC1)C(=O)Nc1cccc(C(F)(F)F)c1. The number of amides is 2. The fourth-order valence-corrected chi connectivity index (χ4v) is 4.26. The van der Waals surface area contributed by atoms with Gasteiger partial charge in [0.05, 0.1) is 5.56 Å². The molecule has 1 heterocycles. The first kappa shape index (κ1) is 19.4. The monoisotopic (exact) mass is 396 g/mol. The zero-order chi connectivity index (χ0) is 19.5. The minimum absolute atomic E-state index is 0.0709. The topological polar surface area (TPSA) is 58.2 Å². The standard InChI is InChI=1S/C19H19F3N2O2S/c20-19(21,22)13-4-3-5-15(10-13)24-17(26)16(25)23-12-18(7-1-2-8-18)14-6-9-27-11-14/h3-6,9-11H,1-2,7-8,12H2,(H,23,25)(H,24,26). The number of nitrogens with one attached hydrogen (secondary N) is 2. The molecule has 2 N–H and O–H groups in total. The molecule has 1 saturated carbocycles. The highest BCUT2D eigenvalue weighted by molar-refractivity contribution is 7.08. The van der Waals surface area contributed by atoms with Crippen LogP contribution in [0.4, 0.5) is 18.9 Å². The molecule has 1 aliphatic carbocycles. The molecule has 144 valence electrons. The van der Waals surface area contributed by atoms with Gasteiger partial charge in [0, 0.05) is 17.6 Å². The number of rotatable bonds is 4. The van der Waals surface area contributed by atoms with Crippen molar-refractivity contribution in [1.82, 2.24) is 5.32 Å². The van der Waals surface area contributed by atoms with Crippen molar-refractivity contribution >= 4 is 28.8 Å². The Balaban J connectivity index is 1.62. The van der Waals surface area contributed by atoms with Crippen molar-refractivity contribution < 1.29 is 22.8 Å². The molecular formula is C19H19F3N2O2S. The van der Waals surface area contributed by atoms with E-state index in [9.17, 15) is 22.8 Å². The van der Waals surface area contributed by atoms with E-state index < -0.39 is 23.6 Å². The Morgan fingerprint density at radius 3 is 2.48 bits per heavy atom. The third-order valence-corrected chi connectivity index (χ3v) is 5.62. The van der Waals surface area contributed by atoms with E-state index in [1.807, 2.05) is 11.4 Å². The largest absolute Gasteiger partial charge is 0.416 e. The van der Waals surface area contributed by atoms with E-state index in [4.69, 9.17) is 0 Å². The Labute approximate surface area is 158 Å². The van der Waals surface area contributed by atoms with Gasteiger partial charge < -0.3 is 10.6 Å². The Morgan fingerprint density at radius 2 is 1.85 bits per heavy atom. The number of thiophene rings is 1. The van der Waals surface area contributed by atoms with Crippen molar-refractivity contribution in [3.63, 3.8) is 0 Å². The molecule has 4 nitrogen and oxygen atoms in total. The molecule has 1 fully saturated rings. The molecule has 2 aromatic rings. The molecule has 2 amide bonds. The summed E-state index contributed by atoms with van der Waals surface area (Å²) in [5.74, 6) is -1.83. The highest BCUT2D eigenvalue weighted by atomic mass is 32.1. The van der Waals surface area contributed by atoms with E-state index in [1.54, 1.807) is 11.3 Å². The fourth-order valence-electron chi connectivity index (χ4n) is 3.48. The lowest BCUT2D eigenvalue weighted by atomic mass is 9.80. The fraction of sp³-hybridized carbons (Fsp3) is 0.368. The molecule has 0 atom stereocenters. The van der Waals surface area contributed by atoms with Gasteiger partial charge in [0.2, 0.25) is 0 Å². The van der Waals surface area contributed by atoms with Crippen molar-refractivity contribution in [2.24, 2.45) is 0 Å². The highest BCUT2D eigenvalue weighted by Crippen LogP contribution is 2.41. The zero-order valence-electron chi connectivity index (χ0n) is 14.4. The number of hydrogen-bond acceptors (Lipinski definition) is 3. The number of carbonyl (C=O) groups is 2. The maximum Gasteiger partial charge on any atom is 0.416 e. The highest BCUT2D eigenvalue weighted by Gasteiger charge is 2.36. The summed E-state index contributed by atoms with van der Waals surface area (Å²) in [7, 11) is 0. The Morgan fingerprint density at radius 1 is 1.11 bits per heavy atom. The number of carbonyl (C=O) groups excluding carboxylic acids is 2. The van der Waals surface area contributed by atoms with Crippen LogP contribution in [0.25, 0.3) is 0 Å². The van der Waals surface area contributed by atoms with E-state index in [1.165, 1.54) is 12.1 Å². The third kappa shape index (κ3) is 4.50. The second-order valence-corrected chi connectivity index (χ2v) is 7.49. The summed E-state index contributed by atoms with van der Waals surface area (Å²) in [4.78, 5) is 24.2. The molecular weight excluding hydrogens is 377 g/mol. The van der Waals surface area contributed by atoms with E-state index in [0.29, 0.717) is 6.54 Å². The van der Waals surface area contributed by atoms with Gasteiger partial charge in [-0.1, -0.05) is 18.9 Å². The predicted octanol–water partition coefficient (Wildman–Crippen LogP) is 4.33. The first-order chi connectivity index (χ1) is 12.8. The smallest absolute Gasteiger partial charge is 0.347 e.